The second-order valence-corrected chi connectivity index (χ2v) is 6.82. The summed E-state index contributed by atoms with van der Waals surface area (Å²) >= 11 is 4.37. The summed E-state index contributed by atoms with van der Waals surface area (Å²) in [5, 5.41) is 19.4. The summed E-state index contributed by atoms with van der Waals surface area (Å²) < 4.78 is 1.67. The fourth-order valence-corrected chi connectivity index (χ4v) is 3.53. The molecule has 102 valence electrons. The predicted molar refractivity (Wildman–Crippen MR) is 82.2 cm³/mol. The van der Waals surface area contributed by atoms with Gasteiger partial charge in [0.15, 0.2) is 8.68 Å². The zero-order valence-corrected chi connectivity index (χ0v) is 12.9. The lowest BCUT2D eigenvalue weighted by Gasteiger charge is -2.03. The zero-order valence-electron chi connectivity index (χ0n) is 10.5. The number of nitriles is 1. The number of thioether (sulfide) groups is 2. The van der Waals surface area contributed by atoms with Crippen LogP contribution in [0.2, 0.25) is 0 Å². The summed E-state index contributed by atoms with van der Waals surface area (Å²) in [6.07, 6.45) is 1.94. The molecule has 1 aromatic heterocycles. The van der Waals surface area contributed by atoms with E-state index in [1.807, 2.05) is 12.3 Å². The molecule has 0 atom stereocenters. The van der Waals surface area contributed by atoms with Crippen LogP contribution < -0.4 is 5.32 Å². The molecule has 1 heterocycles. The normalized spacial score (nSPS) is 10.0. The maximum absolute atomic E-state index is 11.8. The van der Waals surface area contributed by atoms with E-state index in [2.05, 4.69) is 15.5 Å². The Balaban J connectivity index is 1.84. The third-order valence-electron chi connectivity index (χ3n) is 2.19. The van der Waals surface area contributed by atoms with Crippen molar-refractivity contribution in [2.24, 2.45) is 0 Å². The van der Waals surface area contributed by atoms with Crippen molar-refractivity contribution in [1.82, 2.24) is 10.2 Å². The molecule has 0 bridgehead atoms. The summed E-state index contributed by atoms with van der Waals surface area (Å²) in [6.45, 7) is 0. The van der Waals surface area contributed by atoms with Gasteiger partial charge in [0.2, 0.25) is 5.91 Å². The van der Waals surface area contributed by atoms with E-state index in [0.717, 1.165) is 8.68 Å². The van der Waals surface area contributed by atoms with Gasteiger partial charge in [-0.3, -0.25) is 4.79 Å². The summed E-state index contributed by atoms with van der Waals surface area (Å²) in [5.74, 6) is 0.170. The Hall–Kier alpha value is -1.56. The Morgan fingerprint density at radius 2 is 2.05 bits per heavy atom. The van der Waals surface area contributed by atoms with Crippen LogP contribution in [0.15, 0.2) is 32.9 Å². The van der Waals surface area contributed by atoms with E-state index < -0.39 is 0 Å². The summed E-state index contributed by atoms with van der Waals surface area (Å²) in [5.41, 5.74) is 1.24. The van der Waals surface area contributed by atoms with Gasteiger partial charge >= 0.3 is 0 Å². The number of carbonyl (C=O) groups is 1. The number of carbonyl (C=O) groups excluding carboxylic acids is 1. The van der Waals surface area contributed by atoms with E-state index in [1.165, 1.54) is 34.9 Å². The first-order chi connectivity index (χ1) is 9.71. The number of hydrogen-bond donors (Lipinski definition) is 1. The van der Waals surface area contributed by atoms with Crippen molar-refractivity contribution < 1.29 is 4.79 Å². The van der Waals surface area contributed by atoms with Crippen molar-refractivity contribution in [2.75, 3.05) is 17.3 Å². The lowest BCUT2D eigenvalue weighted by Crippen LogP contribution is -2.13. The van der Waals surface area contributed by atoms with E-state index in [1.54, 1.807) is 24.3 Å². The van der Waals surface area contributed by atoms with E-state index in [9.17, 15) is 4.79 Å². The van der Waals surface area contributed by atoms with Gasteiger partial charge in [-0.25, -0.2) is 0 Å². The van der Waals surface area contributed by atoms with Gasteiger partial charge in [-0.05, 0) is 30.5 Å². The topological polar surface area (TPSA) is 78.7 Å². The highest BCUT2D eigenvalue weighted by Crippen LogP contribution is 2.27. The Kier molecular flexibility index (Phi) is 5.40. The molecule has 0 saturated carbocycles. The van der Waals surface area contributed by atoms with Crippen LogP contribution in [0.1, 0.15) is 5.56 Å². The van der Waals surface area contributed by atoms with Crippen LogP contribution in [-0.4, -0.2) is 28.1 Å². The molecule has 20 heavy (non-hydrogen) atoms. The van der Waals surface area contributed by atoms with Crippen molar-refractivity contribution in [2.45, 2.75) is 8.68 Å². The Labute approximate surface area is 128 Å². The first-order valence-corrected chi connectivity index (χ1v) is 8.54. The monoisotopic (exact) mass is 322 g/mol. The molecular weight excluding hydrogens is 312 g/mol. The third kappa shape index (κ3) is 4.23. The largest absolute Gasteiger partial charge is 0.325 e. The highest BCUT2D eigenvalue weighted by Gasteiger charge is 2.08. The Morgan fingerprint density at radius 1 is 1.35 bits per heavy atom. The van der Waals surface area contributed by atoms with Crippen molar-refractivity contribution >= 4 is 46.5 Å². The van der Waals surface area contributed by atoms with Crippen LogP contribution >= 0.6 is 34.9 Å². The fourth-order valence-electron chi connectivity index (χ4n) is 1.29. The molecule has 0 fully saturated rings. The summed E-state index contributed by atoms with van der Waals surface area (Å²) in [7, 11) is 0. The van der Waals surface area contributed by atoms with Gasteiger partial charge in [0.05, 0.1) is 17.4 Å². The van der Waals surface area contributed by atoms with E-state index in [-0.39, 0.29) is 11.7 Å². The highest BCUT2D eigenvalue weighted by atomic mass is 32.2. The number of amides is 1. The van der Waals surface area contributed by atoms with Crippen LogP contribution in [0.5, 0.6) is 0 Å². The lowest BCUT2D eigenvalue weighted by molar-refractivity contribution is -0.113. The number of aromatic nitrogens is 2. The summed E-state index contributed by atoms with van der Waals surface area (Å²) in [4.78, 5) is 11.8. The third-order valence-corrected chi connectivity index (χ3v) is 5.22. The molecule has 0 spiro atoms. The number of benzene rings is 1. The smallest absolute Gasteiger partial charge is 0.234 e. The number of nitrogens with zero attached hydrogens (tertiary/aromatic N) is 3. The summed E-state index contributed by atoms with van der Waals surface area (Å²) in [6, 6.07) is 8.77. The molecule has 0 aliphatic carbocycles. The average molecular weight is 322 g/mol. The van der Waals surface area contributed by atoms with Crippen molar-refractivity contribution in [3.63, 3.8) is 0 Å². The molecule has 5 nitrogen and oxygen atoms in total. The van der Waals surface area contributed by atoms with E-state index >= 15 is 0 Å². The Bertz CT molecular complexity index is 633. The maximum atomic E-state index is 11.8. The molecule has 0 radical (unpaired) electrons. The molecule has 2 rings (SSSR count). The SMILES string of the molecule is CSc1nnc(SCC(=O)Nc2ccc(C#N)cc2)s1. The standard InChI is InChI=1S/C12H10N4OS3/c1-18-11-15-16-12(20-11)19-7-10(17)14-9-4-2-8(6-13)3-5-9/h2-5H,7H2,1H3,(H,14,17). The van der Waals surface area contributed by atoms with Gasteiger partial charge in [0.1, 0.15) is 0 Å². The molecule has 2 aromatic rings. The number of rotatable bonds is 5. The van der Waals surface area contributed by atoms with Gasteiger partial charge in [-0.15, -0.1) is 10.2 Å². The van der Waals surface area contributed by atoms with Crippen molar-refractivity contribution in [1.29, 1.82) is 5.26 Å². The van der Waals surface area contributed by atoms with E-state index in [4.69, 9.17) is 5.26 Å². The fraction of sp³-hybridized carbons (Fsp3) is 0.167. The minimum Gasteiger partial charge on any atom is -0.325 e. The number of nitrogens with one attached hydrogen (secondary N) is 1. The van der Waals surface area contributed by atoms with Gasteiger partial charge < -0.3 is 5.32 Å². The molecule has 0 saturated heterocycles. The second kappa shape index (κ2) is 7.28. The molecule has 0 aliphatic heterocycles. The van der Waals surface area contributed by atoms with Gasteiger partial charge in [-0.2, -0.15) is 5.26 Å². The van der Waals surface area contributed by atoms with Crippen LogP contribution in [0, 0.1) is 11.3 Å². The molecule has 1 N–H and O–H groups in total. The second-order valence-electron chi connectivity index (χ2n) is 3.56. The minimum absolute atomic E-state index is 0.111. The average Bonchev–Trinajstić information content (AvgIpc) is 2.94. The number of hydrogen-bond acceptors (Lipinski definition) is 7. The van der Waals surface area contributed by atoms with Gasteiger partial charge in [-0.1, -0.05) is 34.9 Å². The minimum atomic E-state index is -0.111. The van der Waals surface area contributed by atoms with Crippen LogP contribution in [0.25, 0.3) is 0 Å². The first-order valence-electron chi connectivity index (χ1n) is 5.51. The van der Waals surface area contributed by atoms with Gasteiger partial charge in [0, 0.05) is 5.69 Å². The first kappa shape index (κ1) is 14.8. The maximum Gasteiger partial charge on any atom is 0.234 e. The van der Waals surface area contributed by atoms with Gasteiger partial charge in [0.25, 0.3) is 0 Å². The molecule has 1 amide bonds. The predicted octanol–water partition coefficient (Wildman–Crippen LogP) is 2.86. The number of anilines is 1. The molecule has 1 aromatic carbocycles. The van der Waals surface area contributed by atoms with Crippen molar-refractivity contribution in [3.05, 3.63) is 29.8 Å². The molecule has 0 aliphatic rings. The van der Waals surface area contributed by atoms with Crippen LogP contribution in [-0.2, 0) is 4.79 Å². The Morgan fingerprint density at radius 3 is 2.65 bits per heavy atom. The zero-order chi connectivity index (χ0) is 14.4. The lowest BCUT2D eigenvalue weighted by atomic mass is 10.2. The van der Waals surface area contributed by atoms with E-state index in [0.29, 0.717) is 11.3 Å². The molecule has 8 heteroatoms. The van der Waals surface area contributed by atoms with Crippen LogP contribution in [0.4, 0.5) is 5.69 Å². The van der Waals surface area contributed by atoms with Crippen LogP contribution in [0.3, 0.4) is 0 Å². The quantitative estimate of drug-likeness (QED) is 0.853. The molecular formula is C12H10N4OS3. The highest BCUT2D eigenvalue weighted by molar-refractivity contribution is 8.03. The molecule has 0 unspecified atom stereocenters. The van der Waals surface area contributed by atoms with Crippen molar-refractivity contribution in [3.8, 4) is 6.07 Å².